The van der Waals surface area contributed by atoms with Crippen molar-refractivity contribution in [3.63, 3.8) is 0 Å². The molecule has 2 aliphatic carbocycles. The summed E-state index contributed by atoms with van der Waals surface area (Å²) in [7, 11) is 0. The van der Waals surface area contributed by atoms with Crippen LogP contribution in [0.3, 0.4) is 0 Å². The molecule has 0 bridgehead atoms. The molecule has 0 aromatic carbocycles. The molecule has 7 N–H and O–H groups in total. The van der Waals surface area contributed by atoms with E-state index in [-0.39, 0.29) is 32.9 Å². The number of hydrogen-bond donors (Lipinski definition) is 7. The van der Waals surface area contributed by atoms with Gasteiger partial charge in [0, 0.05) is 38.8 Å². The van der Waals surface area contributed by atoms with Crippen LogP contribution in [0.25, 0.3) is 0 Å². The number of aliphatic hydroxyl groups is 6. The first-order valence-electron chi connectivity index (χ1n) is 18.3. The average molecular weight is 630 g/mol. The Balaban J connectivity index is 1.85. The highest BCUT2D eigenvalue weighted by Gasteiger charge is 2.21. The van der Waals surface area contributed by atoms with E-state index >= 15 is 0 Å². The first-order valence-corrected chi connectivity index (χ1v) is 18.3. The fourth-order valence-corrected chi connectivity index (χ4v) is 7.45. The van der Waals surface area contributed by atoms with Crippen LogP contribution in [0.5, 0.6) is 0 Å². The van der Waals surface area contributed by atoms with Crippen molar-refractivity contribution in [3.05, 3.63) is 0 Å². The van der Waals surface area contributed by atoms with Gasteiger partial charge in [0.1, 0.15) is 0 Å². The maximum absolute atomic E-state index is 10.2. The molecule has 0 saturated heterocycles. The molecular weight excluding hydrogens is 558 g/mol. The third-order valence-corrected chi connectivity index (χ3v) is 10.4. The van der Waals surface area contributed by atoms with Crippen molar-refractivity contribution in [2.75, 3.05) is 65.6 Å². The largest absolute Gasteiger partial charge is 0.394 e. The van der Waals surface area contributed by atoms with Gasteiger partial charge in [0.2, 0.25) is 0 Å². The van der Waals surface area contributed by atoms with Crippen molar-refractivity contribution in [3.8, 4) is 0 Å². The summed E-state index contributed by atoms with van der Waals surface area (Å²) < 4.78 is 0. The molecule has 2 rings (SSSR count). The lowest BCUT2D eigenvalue weighted by atomic mass is 9.80. The van der Waals surface area contributed by atoms with Crippen molar-refractivity contribution in [1.29, 1.82) is 0 Å². The molecule has 9 nitrogen and oxygen atoms in total. The molecule has 9 heteroatoms. The molecule has 3 unspecified atom stereocenters. The Hall–Kier alpha value is -0.360. The molecule has 2 fully saturated rings. The first kappa shape index (κ1) is 39.8. The van der Waals surface area contributed by atoms with Crippen LogP contribution in [-0.4, -0.2) is 130 Å². The minimum Gasteiger partial charge on any atom is -0.394 e. The van der Waals surface area contributed by atoms with Gasteiger partial charge in [-0.3, -0.25) is 9.80 Å². The van der Waals surface area contributed by atoms with Crippen LogP contribution in [0, 0.1) is 23.7 Å². The van der Waals surface area contributed by atoms with Gasteiger partial charge in [-0.25, -0.2) is 0 Å². The third kappa shape index (κ3) is 18.1. The average Bonchev–Trinajstić information content (AvgIpc) is 3.02. The summed E-state index contributed by atoms with van der Waals surface area (Å²) in [5.41, 5.74) is 0. The van der Waals surface area contributed by atoms with Crippen molar-refractivity contribution in [1.82, 2.24) is 15.1 Å². The lowest BCUT2D eigenvalue weighted by Crippen LogP contribution is -2.44. The van der Waals surface area contributed by atoms with E-state index < -0.39 is 18.3 Å². The molecule has 0 heterocycles. The molecule has 0 aromatic heterocycles. The Kier molecular flexibility index (Phi) is 21.6. The van der Waals surface area contributed by atoms with Crippen molar-refractivity contribution in [2.24, 2.45) is 23.7 Å². The predicted octanol–water partition coefficient (Wildman–Crippen LogP) is 2.99. The first-order chi connectivity index (χ1) is 21.2. The van der Waals surface area contributed by atoms with Gasteiger partial charge in [-0.15, -0.1) is 0 Å². The van der Waals surface area contributed by atoms with Gasteiger partial charge in [-0.2, -0.15) is 0 Å². The van der Waals surface area contributed by atoms with Gasteiger partial charge >= 0.3 is 0 Å². The smallest absolute Gasteiger partial charge is 0.0897 e. The molecule has 0 spiro atoms. The molecule has 0 aliphatic heterocycles. The summed E-state index contributed by atoms with van der Waals surface area (Å²) in [6, 6.07) is 0.514. The number of rotatable bonds is 25. The maximum Gasteiger partial charge on any atom is 0.0897 e. The van der Waals surface area contributed by atoms with Gasteiger partial charge in [0.05, 0.1) is 38.1 Å². The van der Waals surface area contributed by atoms with Gasteiger partial charge < -0.3 is 36.0 Å². The van der Waals surface area contributed by atoms with E-state index in [0.717, 1.165) is 43.2 Å². The Labute approximate surface area is 269 Å². The monoisotopic (exact) mass is 630 g/mol. The Morgan fingerprint density at radius 1 is 0.568 bits per heavy atom. The van der Waals surface area contributed by atoms with Gasteiger partial charge in [0.15, 0.2) is 0 Å². The number of nitrogens with zero attached hydrogens (tertiary/aromatic N) is 2. The standard InChI is InChI=1S/C35H71N3O6/c1-28-10-14-30(15-11-28)6-3-8-32(9-4-7-31-16-12-29(2)13-17-31)36-18-21-37(22-33(42)25-39)19-5-20-38(23-34(43)26-40)24-35(44)27-41/h28-36,39-44H,3-27H2,1-2H3. The van der Waals surface area contributed by atoms with E-state index in [1.54, 1.807) is 0 Å². The quantitative estimate of drug-likeness (QED) is 0.0812. The van der Waals surface area contributed by atoms with E-state index in [4.69, 9.17) is 0 Å². The van der Waals surface area contributed by atoms with E-state index in [0.29, 0.717) is 25.7 Å². The molecular formula is C35H71N3O6. The van der Waals surface area contributed by atoms with Crippen LogP contribution >= 0.6 is 0 Å². The van der Waals surface area contributed by atoms with Crippen molar-refractivity contribution >= 4 is 0 Å². The fraction of sp³-hybridized carbons (Fsp3) is 1.00. The van der Waals surface area contributed by atoms with E-state index in [1.807, 2.05) is 4.90 Å². The number of aliphatic hydroxyl groups excluding tert-OH is 6. The van der Waals surface area contributed by atoms with Crippen LogP contribution in [0.15, 0.2) is 0 Å². The zero-order valence-electron chi connectivity index (χ0n) is 28.4. The second-order valence-corrected chi connectivity index (χ2v) is 14.7. The summed E-state index contributed by atoms with van der Waals surface area (Å²) in [6.07, 6.45) is 17.0. The predicted molar refractivity (Wildman–Crippen MR) is 179 cm³/mol. The van der Waals surface area contributed by atoms with Crippen LogP contribution in [0.4, 0.5) is 0 Å². The lowest BCUT2D eigenvalue weighted by Gasteiger charge is -2.30. The topological polar surface area (TPSA) is 140 Å². The number of hydrogen-bond acceptors (Lipinski definition) is 9. The Morgan fingerprint density at radius 2 is 0.977 bits per heavy atom. The summed E-state index contributed by atoms with van der Waals surface area (Å²) in [5.74, 6) is 3.61. The molecule has 44 heavy (non-hydrogen) atoms. The zero-order chi connectivity index (χ0) is 32.2. The van der Waals surface area contributed by atoms with E-state index in [2.05, 4.69) is 24.1 Å². The minimum atomic E-state index is -0.905. The van der Waals surface area contributed by atoms with Crippen LogP contribution in [-0.2, 0) is 0 Å². The summed E-state index contributed by atoms with van der Waals surface area (Å²) >= 11 is 0. The van der Waals surface area contributed by atoms with Crippen molar-refractivity contribution < 1.29 is 30.6 Å². The van der Waals surface area contributed by atoms with Crippen LogP contribution < -0.4 is 5.32 Å². The second-order valence-electron chi connectivity index (χ2n) is 14.7. The van der Waals surface area contributed by atoms with Gasteiger partial charge in [0.25, 0.3) is 0 Å². The zero-order valence-corrected chi connectivity index (χ0v) is 28.4. The molecule has 0 aromatic rings. The molecule has 2 aliphatic rings. The van der Waals surface area contributed by atoms with Crippen LogP contribution in [0.2, 0.25) is 0 Å². The third-order valence-electron chi connectivity index (χ3n) is 10.4. The highest BCUT2D eigenvalue weighted by molar-refractivity contribution is 4.76. The highest BCUT2D eigenvalue weighted by atomic mass is 16.3. The van der Waals surface area contributed by atoms with Crippen molar-refractivity contribution in [2.45, 2.75) is 135 Å². The Bertz CT molecular complexity index is 635. The molecule has 0 amide bonds. The molecule has 2 saturated carbocycles. The van der Waals surface area contributed by atoms with Gasteiger partial charge in [-0.1, -0.05) is 90.9 Å². The minimum absolute atomic E-state index is 0.218. The Morgan fingerprint density at radius 3 is 1.41 bits per heavy atom. The number of nitrogens with one attached hydrogen (secondary N) is 1. The van der Waals surface area contributed by atoms with E-state index in [1.165, 1.54) is 89.9 Å². The lowest BCUT2D eigenvalue weighted by molar-refractivity contribution is 0.0207. The summed E-state index contributed by atoms with van der Waals surface area (Å²) in [6.45, 7) is 7.52. The van der Waals surface area contributed by atoms with E-state index in [9.17, 15) is 30.6 Å². The van der Waals surface area contributed by atoms with Gasteiger partial charge in [-0.05, 0) is 56.0 Å². The highest BCUT2D eigenvalue weighted by Crippen LogP contribution is 2.33. The summed E-state index contributed by atoms with van der Waals surface area (Å²) in [5, 5.41) is 62.0. The summed E-state index contributed by atoms with van der Waals surface area (Å²) in [4.78, 5) is 4.04. The fourth-order valence-electron chi connectivity index (χ4n) is 7.45. The molecule has 262 valence electrons. The SMILES string of the molecule is CC1CCC(CCCC(CCCC2CCC(C)CC2)NCCN(CCCN(CC(O)CO)CC(O)CO)CC(O)CO)CC1. The van der Waals surface area contributed by atoms with Crippen LogP contribution in [0.1, 0.15) is 110 Å². The molecule has 3 atom stereocenters. The molecule has 0 radical (unpaired) electrons. The normalized spacial score (nSPS) is 25.8. The second kappa shape index (κ2) is 23.9. The maximum atomic E-state index is 10.2.